The summed E-state index contributed by atoms with van der Waals surface area (Å²) in [6, 6.07) is 16.7. The van der Waals surface area contributed by atoms with Gasteiger partial charge in [-0.3, -0.25) is 19.7 Å². The lowest BCUT2D eigenvalue weighted by Gasteiger charge is -2.23. The molecule has 0 aliphatic carbocycles. The van der Waals surface area contributed by atoms with Gasteiger partial charge in [-0.15, -0.1) is 0 Å². The molecule has 0 saturated heterocycles. The van der Waals surface area contributed by atoms with Gasteiger partial charge in [0.25, 0.3) is 5.69 Å². The Morgan fingerprint density at radius 2 is 1.88 bits per heavy atom. The molecule has 0 fully saturated rings. The molecule has 3 aromatic carbocycles. The first kappa shape index (κ1) is 16.0. The van der Waals surface area contributed by atoms with E-state index in [4.69, 9.17) is 4.74 Å². The first-order valence-corrected chi connectivity index (χ1v) is 8.05. The molecule has 0 amide bonds. The number of ether oxygens (including phenoxy) is 1. The highest BCUT2D eigenvalue weighted by atomic mass is 16.6. The molecule has 1 aliphatic heterocycles. The van der Waals surface area contributed by atoms with Crippen LogP contribution in [0.1, 0.15) is 15.9 Å². The maximum atomic E-state index is 12.8. The Morgan fingerprint density at radius 1 is 1.08 bits per heavy atom. The van der Waals surface area contributed by atoms with E-state index in [2.05, 4.69) is 0 Å². The number of rotatable bonds is 3. The zero-order valence-electron chi connectivity index (χ0n) is 13.5. The molecule has 26 heavy (non-hydrogen) atoms. The molecule has 0 N–H and O–H groups in total. The second-order valence-corrected chi connectivity index (χ2v) is 6.11. The third kappa shape index (κ3) is 2.61. The molecule has 0 spiro atoms. The lowest BCUT2D eigenvalue weighted by molar-refractivity contribution is -0.384. The second kappa shape index (κ2) is 6.07. The van der Waals surface area contributed by atoms with E-state index >= 15 is 0 Å². The minimum absolute atomic E-state index is 0.129. The lowest BCUT2D eigenvalue weighted by Crippen LogP contribution is -2.34. The van der Waals surface area contributed by atoms with Crippen molar-refractivity contribution in [3.63, 3.8) is 0 Å². The predicted octanol–water partition coefficient (Wildman–Crippen LogP) is 3.71. The summed E-state index contributed by atoms with van der Waals surface area (Å²) in [6.07, 6.45) is 0.205. The first-order chi connectivity index (χ1) is 12.5. The molecule has 1 unspecified atom stereocenters. The lowest BCUT2D eigenvalue weighted by atomic mass is 9.87. The maximum absolute atomic E-state index is 12.8. The summed E-state index contributed by atoms with van der Waals surface area (Å²) in [5, 5.41) is 12.8. The summed E-state index contributed by atoms with van der Waals surface area (Å²) in [6.45, 7) is 0. The number of fused-ring (bicyclic) bond motifs is 3. The van der Waals surface area contributed by atoms with E-state index in [1.807, 2.05) is 30.3 Å². The summed E-state index contributed by atoms with van der Waals surface area (Å²) in [5.74, 6) is -1.67. The third-order valence-corrected chi connectivity index (χ3v) is 4.56. The highest BCUT2D eigenvalue weighted by Gasteiger charge is 2.35. The number of benzene rings is 3. The number of hydrogen-bond donors (Lipinski definition) is 0. The molecule has 3 aromatic rings. The van der Waals surface area contributed by atoms with Crippen LogP contribution < -0.4 is 4.74 Å². The van der Waals surface area contributed by atoms with E-state index in [9.17, 15) is 19.7 Å². The molecular formula is C20H13NO5. The average Bonchev–Trinajstić information content (AvgIpc) is 2.67. The number of nitro groups is 1. The van der Waals surface area contributed by atoms with Gasteiger partial charge in [-0.1, -0.05) is 42.5 Å². The minimum atomic E-state index is -1.02. The zero-order valence-corrected chi connectivity index (χ0v) is 13.5. The SMILES string of the molecule is O=C1Oc2ccc3ccccc3c2CC1C(=O)c1cccc([N+](=O)[O-])c1. The topological polar surface area (TPSA) is 86.5 Å². The van der Waals surface area contributed by atoms with Gasteiger partial charge in [0.15, 0.2) is 5.78 Å². The zero-order chi connectivity index (χ0) is 18.3. The molecular weight excluding hydrogens is 334 g/mol. The Balaban J connectivity index is 1.74. The van der Waals surface area contributed by atoms with Crippen molar-refractivity contribution in [3.05, 3.63) is 81.9 Å². The van der Waals surface area contributed by atoms with Crippen molar-refractivity contribution in [1.29, 1.82) is 0 Å². The summed E-state index contributed by atoms with van der Waals surface area (Å²) in [5.41, 5.74) is 0.738. The Morgan fingerprint density at radius 3 is 2.69 bits per heavy atom. The van der Waals surface area contributed by atoms with Gasteiger partial charge in [-0.2, -0.15) is 0 Å². The minimum Gasteiger partial charge on any atom is -0.426 e. The quantitative estimate of drug-likeness (QED) is 0.180. The first-order valence-electron chi connectivity index (χ1n) is 8.05. The largest absolute Gasteiger partial charge is 0.426 e. The van der Waals surface area contributed by atoms with Crippen LogP contribution in [0.15, 0.2) is 60.7 Å². The normalized spacial score (nSPS) is 16.0. The molecule has 1 aliphatic rings. The van der Waals surface area contributed by atoms with E-state index in [0.29, 0.717) is 5.75 Å². The smallest absolute Gasteiger partial charge is 0.322 e. The van der Waals surface area contributed by atoms with Crippen LogP contribution in [-0.4, -0.2) is 16.7 Å². The Bertz CT molecular complexity index is 1070. The van der Waals surface area contributed by atoms with E-state index in [1.165, 1.54) is 24.3 Å². The molecule has 6 nitrogen and oxygen atoms in total. The summed E-state index contributed by atoms with van der Waals surface area (Å²) in [4.78, 5) is 35.5. The van der Waals surface area contributed by atoms with Gasteiger partial charge in [0.05, 0.1) is 4.92 Å². The van der Waals surface area contributed by atoms with E-state index in [-0.39, 0.29) is 17.7 Å². The predicted molar refractivity (Wildman–Crippen MR) is 94.2 cm³/mol. The maximum Gasteiger partial charge on any atom is 0.322 e. The van der Waals surface area contributed by atoms with Crippen LogP contribution in [0.25, 0.3) is 10.8 Å². The molecule has 4 rings (SSSR count). The molecule has 0 radical (unpaired) electrons. The Labute approximate surface area is 148 Å². The van der Waals surface area contributed by atoms with Crippen molar-refractivity contribution in [2.45, 2.75) is 6.42 Å². The van der Waals surface area contributed by atoms with Gasteiger partial charge in [-0.05, 0) is 23.3 Å². The van der Waals surface area contributed by atoms with Crippen molar-refractivity contribution in [3.8, 4) is 5.75 Å². The fourth-order valence-electron chi connectivity index (χ4n) is 3.26. The Hall–Kier alpha value is -3.54. The molecule has 128 valence electrons. The molecule has 6 heteroatoms. The van der Waals surface area contributed by atoms with Crippen LogP contribution in [0.5, 0.6) is 5.75 Å². The summed E-state index contributed by atoms with van der Waals surface area (Å²) < 4.78 is 5.38. The third-order valence-electron chi connectivity index (χ3n) is 4.56. The molecule has 0 bridgehead atoms. The molecule has 1 heterocycles. The highest BCUT2D eigenvalue weighted by molar-refractivity contribution is 6.10. The fraction of sp³-hybridized carbons (Fsp3) is 0.100. The van der Waals surface area contributed by atoms with Crippen LogP contribution >= 0.6 is 0 Å². The fourth-order valence-corrected chi connectivity index (χ4v) is 3.26. The number of nitro benzene ring substituents is 1. The van der Waals surface area contributed by atoms with Crippen LogP contribution in [0, 0.1) is 16.0 Å². The molecule has 1 atom stereocenters. The number of nitrogens with zero attached hydrogens (tertiary/aromatic N) is 1. The van der Waals surface area contributed by atoms with Crippen LogP contribution in [-0.2, 0) is 11.2 Å². The van der Waals surface area contributed by atoms with E-state index < -0.39 is 22.6 Å². The van der Waals surface area contributed by atoms with Gasteiger partial charge in [0, 0.05) is 23.3 Å². The number of non-ortho nitro benzene ring substituents is 1. The monoisotopic (exact) mass is 347 g/mol. The van der Waals surface area contributed by atoms with E-state index in [1.54, 1.807) is 6.07 Å². The van der Waals surface area contributed by atoms with Gasteiger partial charge in [0.1, 0.15) is 11.7 Å². The number of carbonyl (C=O) groups excluding carboxylic acids is 2. The number of esters is 1. The number of ketones is 1. The van der Waals surface area contributed by atoms with Gasteiger partial charge in [-0.25, -0.2) is 0 Å². The number of carbonyl (C=O) groups is 2. The summed E-state index contributed by atoms with van der Waals surface area (Å²) >= 11 is 0. The average molecular weight is 347 g/mol. The van der Waals surface area contributed by atoms with Crippen molar-refractivity contribution in [2.75, 3.05) is 0 Å². The van der Waals surface area contributed by atoms with Gasteiger partial charge < -0.3 is 4.74 Å². The number of hydrogen-bond acceptors (Lipinski definition) is 5. The highest BCUT2D eigenvalue weighted by Crippen LogP contribution is 2.35. The van der Waals surface area contributed by atoms with Crippen LogP contribution in [0.4, 0.5) is 5.69 Å². The van der Waals surface area contributed by atoms with Crippen LogP contribution in [0.2, 0.25) is 0 Å². The second-order valence-electron chi connectivity index (χ2n) is 6.11. The standard InChI is InChI=1S/C20H13NO5/c22-19(13-5-3-6-14(10-13)21(24)25)17-11-16-15-7-2-1-4-12(15)8-9-18(16)26-20(17)23/h1-10,17H,11H2. The van der Waals surface area contributed by atoms with Crippen molar-refractivity contribution >= 4 is 28.2 Å². The molecule has 0 aromatic heterocycles. The number of Topliss-reactive ketones (excluding diaryl/α,β-unsaturated/α-hetero) is 1. The van der Waals surface area contributed by atoms with Crippen molar-refractivity contribution < 1.29 is 19.2 Å². The van der Waals surface area contributed by atoms with E-state index in [0.717, 1.165) is 16.3 Å². The summed E-state index contributed by atoms with van der Waals surface area (Å²) in [7, 11) is 0. The van der Waals surface area contributed by atoms with Crippen molar-refractivity contribution in [2.24, 2.45) is 5.92 Å². The Kier molecular flexibility index (Phi) is 3.73. The van der Waals surface area contributed by atoms with Gasteiger partial charge in [0.2, 0.25) is 0 Å². The molecule has 0 saturated carbocycles. The van der Waals surface area contributed by atoms with Gasteiger partial charge >= 0.3 is 5.97 Å². The van der Waals surface area contributed by atoms with Crippen LogP contribution in [0.3, 0.4) is 0 Å². The van der Waals surface area contributed by atoms with Crippen molar-refractivity contribution in [1.82, 2.24) is 0 Å².